The molecule has 2 aromatic rings. The fraction of sp³-hybridized carbons (Fsp3) is 0.0667. The van der Waals surface area contributed by atoms with Crippen molar-refractivity contribution in [2.75, 3.05) is 0 Å². The first-order valence-corrected chi connectivity index (χ1v) is 7.65. The van der Waals surface area contributed by atoms with Crippen molar-refractivity contribution in [2.45, 2.75) is 6.42 Å². The molecule has 2 rings (SSSR count). The van der Waals surface area contributed by atoms with Crippen molar-refractivity contribution >= 4 is 0 Å². The van der Waals surface area contributed by atoms with Gasteiger partial charge in [-0.2, -0.15) is 0 Å². The van der Waals surface area contributed by atoms with Crippen LogP contribution in [0.5, 0.6) is 0 Å². The van der Waals surface area contributed by atoms with Crippen LogP contribution in [0.15, 0.2) is 70.8 Å². The number of hydrogen-bond donors (Lipinski definition) is 0. The quantitative estimate of drug-likeness (QED) is 0.728. The Kier molecular flexibility index (Phi) is 4.62. The van der Waals surface area contributed by atoms with E-state index in [4.69, 9.17) is 0 Å². The van der Waals surface area contributed by atoms with Gasteiger partial charge in [0.25, 0.3) is 0 Å². The van der Waals surface area contributed by atoms with Gasteiger partial charge in [0.15, 0.2) is 7.65 Å². The molecule has 0 nitrogen and oxygen atoms in total. The van der Waals surface area contributed by atoms with Crippen molar-refractivity contribution in [3.05, 3.63) is 80.0 Å². The van der Waals surface area contributed by atoms with Crippen molar-refractivity contribution in [3.63, 3.8) is 0 Å². The van der Waals surface area contributed by atoms with Crippen molar-refractivity contribution in [1.82, 2.24) is 0 Å². The van der Waals surface area contributed by atoms with Gasteiger partial charge in [0, 0.05) is 0 Å². The normalized spacial score (nSPS) is 10.8. The van der Waals surface area contributed by atoms with Gasteiger partial charge in [0.2, 0.25) is 0 Å². The Hall–Kier alpha value is -1.09. The molecule has 0 fully saturated rings. The summed E-state index contributed by atoms with van der Waals surface area (Å²) in [5.41, 5.74) is 1.39. The Morgan fingerprint density at radius 3 is 2.12 bits per heavy atom. The van der Waals surface area contributed by atoms with E-state index in [1.807, 2.05) is 0 Å². The van der Waals surface area contributed by atoms with Gasteiger partial charge in [-0.3, -0.25) is 0 Å². The van der Waals surface area contributed by atoms with Crippen LogP contribution in [0, 0.1) is 3.57 Å². The van der Waals surface area contributed by atoms with Crippen LogP contribution >= 0.6 is 0 Å². The molecular formula is C15H14I+. The Morgan fingerprint density at radius 1 is 0.812 bits per heavy atom. The average Bonchev–Trinajstić information content (AvgIpc) is 2.37. The molecule has 0 heterocycles. The first kappa shape index (κ1) is 11.4. The second-order valence-electron chi connectivity index (χ2n) is 3.46. The first-order chi connectivity index (χ1) is 7.95. The highest BCUT2D eigenvalue weighted by atomic mass is 127. The van der Waals surface area contributed by atoms with E-state index in [-0.39, 0.29) is 21.2 Å². The Morgan fingerprint density at radius 2 is 1.44 bits per heavy atom. The van der Waals surface area contributed by atoms with E-state index in [0.717, 1.165) is 6.42 Å². The lowest BCUT2D eigenvalue weighted by atomic mass is 10.2. The molecule has 0 aliphatic carbocycles. The van der Waals surface area contributed by atoms with Gasteiger partial charge in [0.1, 0.15) is 0 Å². The maximum atomic E-state index is 2.35. The maximum Gasteiger partial charge on any atom is 0.349 e. The summed E-state index contributed by atoms with van der Waals surface area (Å²) in [6.07, 6.45) is 3.34. The van der Waals surface area contributed by atoms with E-state index in [1.54, 1.807) is 0 Å². The molecule has 2 aromatic carbocycles. The Bertz CT molecular complexity index is 388. The standard InChI is InChI=1S/C15H14I/c1-3-8-14(9-4-1)10-7-13-16-15-11-5-2-6-12-15/h1-9,11-13H,10H2/q+1/b13-7+. The monoisotopic (exact) mass is 321 g/mol. The fourth-order valence-corrected chi connectivity index (χ4v) is 3.15. The average molecular weight is 321 g/mol. The van der Waals surface area contributed by atoms with E-state index in [0.29, 0.717) is 0 Å². The first-order valence-electron chi connectivity index (χ1n) is 5.32. The molecule has 16 heavy (non-hydrogen) atoms. The molecule has 0 spiro atoms. The van der Waals surface area contributed by atoms with Gasteiger partial charge in [-0.25, -0.2) is 0 Å². The fourth-order valence-electron chi connectivity index (χ4n) is 1.40. The molecule has 0 aromatic heterocycles. The van der Waals surface area contributed by atoms with Crippen molar-refractivity contribution in [3.8, 4) is 0 Å². The minimum Gasteiger partial charge on any atom is -0.0622 e. The van der Waals surface area contributed by atoms with Gasteiger partial charge in [-0.1, -0.05) is 48.5 Å². The van der Waals surface area contributed by atoms with Crippen LogP contribution < -0.4 is 21.2 Å². The molecule has 0 aliphatic rings. The smallest absolute Gasteiger partial charge is 0.0622 e. The molecule has 0 saturated heterocycles. The summed E-state index contributed by atoms with van der Waals surface area (Å²) in [6.45, 7) is 0. The van der Waals surface area contributed by atoms with Gasteiger partial charge < -0.3 is 0 Å². The van der Waals surface area contributed by atoms with E-state index < -0.39 is 0 Å². The molecule has 0 N–H and O–H groups in total. The molecule has 0 amide bonds. The van der Waals surface area contributed by atoms with Crippen LogP contribution in [-0.2, 0) is 6.42 Å². The van der Waals surface area contributed by atoms with E-state index >= 15 is 0 Å². The van der Waals surface area contributed by atoms with Gasteiger partial charge in [0.05, 0.1) is 0 Å². The predicted octanol–water partition coefficient (Wildman–Crippen LogP) is 0.702. The van der Waals surface area contributed by atoms with Crippen LogP contribution in [0.2, 0.25) is 0 Å². The van der Waals surface area contributed by atoms with Crippen molar-refractivity contribution in [2.24, 2.45) is 0 Å². The molecule has 0 aliphatic heterocycles. The number of hydrogen-bond acceptors (Lipinski definition) is 0. The zero-order valence-corrected chi connectivity index (χ0v) is 11.2. The summed E-state index contributed by atoms with van der Waals surface area (Å²) < 4.78 is 3.83. The van der Waals surface area contributed by atoms with E-state index in [9.17, 15) is 0 Å². The highest BCUT2D eigenvalue weighted by Crippen LogP contribution is 1.98. The highest BCUT2D eigenvalue weighted by molar-refractivity contribution is 5.17. The lowest BCUT2D eigenvalue weighted by Crippen LogP contribution is -3.59. The zero-order chi connectivity index (χ0) is 11.1. The largest absolute Gasteiger partial charge is 0.349 e. The topological polar surface area (TPSA) is 0 Å². The zero-order valence-electron chi connectivity index (χ0n) is 9.01. The molecular weight excluding hydrogens is 307 g/mol. The second kappa shape index (κ2) is 6.48. The van der Waals surface area contributed by atoms with Gasteiger partial charge >= 0.3 is 21.2 Å². The minimum absolute atomic E-state index is 0.0479. The summed E-state index contributed by atoms with van der Waals surface area (Å²) in [7, 11) is 0. The minimum atomic E-state index is 0.0479. The molecule has 0 saturated carbocycles. The molecule has 0 atom stereocenters. The number of rotatable bonds is 4. The maximum absolute atomic E-state index is 2.35. The molecule has 0 bridgehead atoms. The summed E-state index contributed by atoms with van der Waals surface area (Å²) in [5, 5.41) is 0. The summed E-state index contributed by atoms with van der Waals surface area (Å²) in [5.74, 6) is 0. The second-order valence-corrected chi connectivity index (χ2v) is 6.04. The molecule has 1 heteroatoms. The van der Waals surface area contributed by atoms with Crippen LogP contribution in [-0.4, -0.2) is 0 Å². The lowest BCUT2D eigenvalue weighted by molar-refractivity contribution is -0.557. The molecule has 0 unspecified atom stereocenters. The van der Waals surface area contributed by atoms with Crippen LogP contribution in [0.1, 0.15) is 5.56 Å². The van der Waals surface area contributed by atoms with Crippen molar-refractivity contribution < 1.29 is 21.2 Å². The number of benzene rings is 2. The van der Waals surface area contributed by atoms with Gasteiger partial charge in [-0.15, -0.1) is 0 Å². The Balaban J connectivity index is 1.83. The summed E-state index contributed by atoms with van der Waals surface area (Å²) in [6, 6.07) is 21.3. The lowest BCUT2D eigenvalue weighted by Gasteiger charge is -1.91. The number of halogens is 1. The van der Waals surface area contributed by atoms with Crippen LogP contribution in [0.4, 0.5) is 0 Å². The third kappa shape index (κ3) is 3.81. The predicted molar refractivity (Wildman–Crippen MR) is 64.4 cm³/mol. The summed E-state index contributed by atoms with van der Waals surface area (Å²) >= 11 is 0.0479. The Labute approximate surface area is 107 Å². The van der Waals surface area contributed by atoms with Crippen LogP contribution in [0.3, 0.4) is 0 Å². The van der Waals surface area contributed by atoms with E-state index in [2.05, 4.69) is 70.8 Å². The van der Waals surface area contributed by atoms with Crippen LogP contribution in [0.25, 0.3) is 0 Å². The number of allylic oxidation sites excluding steroid dienone is 1. The van der Waals surface area contributed by atoms with Gasteiger partial charge in [-0.05, 0) is 30.2 Å². The highest BCUT2D eigenvalue weighted by Gasteiger charge is 2.04. The van der Waals surface area contributed by atoms with Crippen molar-refractivity contribution in [1.29, 1.82) is 0 Å². The third-order valence-electron chi connectivity index (χ3n) is 2.21. The third-order valence-corrected chi connectivity index (χ3v) is 4.51. The molecule has 80 valence electrons. The molecule has 0 radical (unpaired) electrons. The SMILES string of the molecule is C(=C\[I+]c1ccccc1)/Cc1ccccc1. The van der Waals surface area contributed by atoms with E-state index in [1.165, 1.54) is 9.13 Å². The summed E-state index contributed by atoms with van der Waals surface area (Å²) in [4.78, 5) is 0.